The van der Waals surface area contributed by atoms with E-state index >= 15 is 0 Å². The van der Waals surface area contributed by atoms with Gasteiger partial charge in [0, 0.05) is 48.9 Å². The molecule has 0 aliphatic rings. The third-order valence-corrected chi connectivity index (χ3v) is 2.65. The minimum absolute atomic E-state index is 0.703. The zero-order valence-corrected chi connectivity index (χ0v) is 11.1. The number of ether oxygens (including phenoxy) is 1. The number of benzene rings is 1. The lowest BCUT2D eigenvalue weighted by molar-refractivity contribution is 0.318. The van der Waals surface area contributed by atoms with E-state index in [1.54, 1.807) is 6.20 Å². The van der Waals surface area contributed by atoms with Gasteiger partial charge in [0.2, 0.25) is 0 Å². The molecular formula is C14H20N4O. The van der Waals surface area contributed by atoms with Gasteiger partial charge in [-0.15, -0.1) is 0 Å². The lowest BCUT2D eigenvalue weighted by Crippen LogP contribution is -2.06. The van der Waals surface area contributed by atoms with Crippen molar-refractivity contribution >= 4 is 11.4 Å². The van der Waals surface area contributed by atoms with Crippen molar-refractivity contribution in [1.29, 1.82) is 0 Å². The minimum atomic E-state index is 0.703. The van der Waals surface area contributed by atoms with Crippen LogP contribution in [0.25, 0.3) is 0 Å². The molecule has 0 bridgehead atoms. The second-order valence-electron chi connectivity index (χ2n) is 4.35. The molecule has 19 heavy (non-hydrogen) atoms. The number of aromatic amines is 1. The quantitative estimate of drug-likeness (QED) is 0.668. The van der Waals surface area contributed by atoms with Gasteiger partial charge in [0.15, 0.2) is 0 Å². The van der Waals surface area contributed by atoms with E-state index in [-0.39, 0.29) is 0 Å². The third kappa shape index (κ3) is 4.21. The normalized spacial score (nSPS) is 10.4. The highest BCUT2D eigenvalue weighted by atomic mass is 16.5. The average Bonchev–Trinajstić information content (AvgIpc) is 2.89. The summed E-state index contributed by atoms with van der Waals surface area (Å²) in [5, 5.41) is 3.32. The fraction of sp³-hybridized carbons (Fsp3) is 0.357. The van der Waals surface area contributed by atoms with Gasteiger partial charge in [-0.1, -0.05) is 6.92 Å². The molecule has 2 aromatic rings. The summed E-state index contributed by atoms with van der Waals surface area (Å²) in [4.78, 5) is 7.25. The summed E-state index contributed by atoms with van der Waals surface area (Å²) in [5.74, 6) is 1.78. The first-order valence-electron chi connectivity index (χ1n) is 6.53. The Hall–Kier alpha value is -2.17. The first kappa shape index (κ1) is 13.3. The molecule has 0 aliphatic carbocycles. The molecule has 0 aliphatic heterocycles. The van der Waals surface area contributed by atoms with Crippen molar-refractivity contribution < 1.29 is 4.74 Å². The van der Waals surface area contributed by atoms with Crippen molar-refractivity contribution in [3.05, 3.63) is 36.4 Å². The first-order chi connectivity index (χ1) is 9.28. The largest absolute Gasteiger partial charge is 0.493 e. The Kier molecular flexibility index (Phi) is 4.66. The van der Waals surface area contributed by atoms with Gasteiger partial charge in [0.25, 0.3) is 0 Å². The summed E-state index contributed by atoms with van der Waals surface area (Å²) in [6.45, 7) is 3.58. The summed E-state index contributed by atoms with van der Waals surface area (Å²) in [5.41, 5.74) is 7.53. The Labute approximate surface area is 113 Å². The summed E-state index contributed by atoms with van der Waals surface area (Å²) in [6.07, 6.45) is 5.40. The maximum absolute atomic E-state index is 5.86. The maximum atomic E-state index is 5.86. The summed E-state index contributed by atoms with van der Waals surface area (Å²) in [7, 11) is 0. The van der Waals surface area contributed by atoms with Gasteiger partial charge in [-0.2, -0.15) is 0 Å². The highest BCUT2D eigenvalue weighted by molar-refractivity contribution is 5.59. The molecule has 4 N–H and O–H groups in total. The van der Waals surface area contributed by atoms with Crippen molar-refractivity contribution in [2.75, 3.05) is 24.2 Å². The van der Waals surface area contributed by atoms with Crippen LogP contribution in [0, 0.1) is 0 Å². The van der Waals surface area contributed by atoms with E-state index in [1.165, 1.54) is 0 Å². The molecule has 0 fully saturated rings. The Bertz CT molecular complexity index is 496. The number of anilines is 2. The van der Waals surface area contributed by atoms with Crippen LogP contribution in [0.15, 0.2) is 30.6 Å². The number of hydrogen-bond donors (Lipinski definition) is 3. The second-order valence-corrected chi connectivity index (χ2v) is 4.35. The monoisotopic (exact) mass is 260 g/mol. The molecule has 0 saturated heterocycles. The average molecular weight is 260 g/mol. The number of aromatic nitrogens is 2. The van der Waals surface area contributed by atoms with Gasteiger partial charge in [0.05, 0.1) is 6.61 Å². The molecule has 0 unspecified atom stereocenters. The van der Waals surface area contributed by atoms with Crippen LogP contribution in [0.4, 0.5) is 11.4 Å². The lowest BCUT2D eigenvalue weighted by Gasteiger charge is -2.10. The van der Waals surface area contributed by atoms with Crippen LogP contribution < -0.4 is 15.8 Å². The minimum Gasteiger partial charge on any atom is -0.493 e. The lowest BCUT2D eigenvalue weighted by atomic mass is 10.2. The standard InChI is InChI=1S/C14H20N4O/c1-2-7-19-13-9-11(15)8-12(10-13)16-4-3-14-17-5-6-18-14/h5-6,8-10,16H,2-4,7,15H2,1H3,(H,17,18). The topological polar surface area (TPSA) is 76.0 Å². The van der Waals surface area contributed by atoms with Crippen molar-refractivity contribution in [2.24, 2.45) is 0 Å². The molecule has 5 heteroatoms. The molecule has 0 spiro atoms. The van der Waals surface area contributed by atoms with E-state index in [4.69, 9.17) is 10.5 Å². The maximum Gasteiger partial charge on any atom is 0.123 e. The van der Waals surface area contributed by atoms with Gasteiger partial charge in [-0.05, 0) is 12.5 Å². The molecule has 5 nitrogen and oxygen atoms in total. The van der Waals surface area contributed by atoms with E-state index in [0.29, 0.717) is 12.3 Å². The van der Waals surface area contributed by atoms with Crippen LogP contribution in [0.1, 0.15) is 19.2 Å². The molecular weight excluding hydrogens is 240 g/mol. The van der Waals surface area contributed by atoms with E-state index in [2.05, 4.69) is 22.2 Å². The molecule has 2 rings (SSSR count). The van der Waals surface area contributed by atoms with E-state index < -0.39 is 0 Å². The molecule has 0 amide bonds. The van der Waals surface area contributed by atoms with Crippen LogP contribution in [-0.2, 0) is 6.42 Å². The molecule has 1 aromatic heterocycles. The number of hydrogen-bond acceptors (Lipinski definition) is 4. The second kappa shape index (κ2) is 6.68. The molecule has 0 atom stereocenters. The van der Waals surface area contributed by atoms with Crippen molar-refractivity contribution in [3.8, 4) is 5.75 Å². The van der Waals surface area contributed by atoms with Crippen LogP contribution in [-0.4, -0.2) is 23.1 Å². The van der Waals surface area contributed by atoms with Crippen molar-refractivity contribution in [1.82, 2.24) is 9.97 Å². The number of rotatable bonds is 7. The number of imidazole rings is 1. The Morgan fingerprint density at radius 3 is 3.00 bits per heavy atom. The zero-order valence-electron chi connectivity index (χ0n) is 11.1. The van der Waals surface area contributed by atoms with Crippen LogP contribution in [0.5, 0.6) is 5.75 Å². The molecule has 102 valence electrons. The van der Waals surface area contributed by atoms with E-state index in [0.717, 1.165) is 36.6 Å². The molecule has 0 saturated carbocycles. The number of nitrogen functional groups attached to an aromatic ring is 1. The SMILES string of the molecule is CCCOc1cc(N)cc(NCCc2ncc[nH]2)c1. The van der Waals surface area contributed by atoms with Gasteiger partial charge < -0.3 is 20.8 Å². The van der Waals surface area contributed by atoms with Gasteiger partial charge in [0.1, 0.15) is 11.6 Å². The zero-order chi connectivity index (χ0) is 13.5. The van der Waals surface area contributed by atoms with Gasteiger partial charge in [-0.3, -0.25) is 0 Å². The van der Waals surface area contributed by atoms with Crippen molar-refractivity contribution in [3.63, 3.8) is 0 Å². The fourth-order valence-electron chi connectivity index (χ4n) is 1.79. The highest BCUT2D eigenvalue weighted by Crippen LogP contribution is 2.22. The van der Waals surface area contributed by atoms with Crippen LogP contribution in [0.2, 0.25) is 0 Å². The van der Waals surface area contributed by atoms with Crippen molar-refractivity contribution in [2.45, 2.75) is 19.8 Å². The highest BCUT2D eigenvalue weighted by Gasteiger charge is 2.01. The number of nitrogens with zero attached hydrogens (tertiary/aromatic N) is 1. The van der Waals surface area contributed by atoms with Crippen LogP contribution >= 0.6 is 0 Å². The Morgan fingerprint density at radius 2 is 2.26 bits per heavy atom. The molecule has 1 heterocycles. The smallest absolute Gasteiger partial charge is 0.123 e. The summed E-state index contributed by atoms with van der Waals surface area (Å²) in [6, 6.07) is 5.71. The van der Waals surface area contributed by atoms with E-state index in [9.17, 15) is 0 Å². The Balaban J connectivity index is 1.90. The predicted molar refractivity (Wildman–Crippen MR) is 77.4 cm³/mol. The first-order valence-corrected chi connectivity index (χ1v) is 6.53. The third-order valence-electron chi connectivity index (χ3n) is 2.65. The number of nitrogens with one attached hydrogen (secondary N) is 2. The molecule has 1 aromatic carbocycles. The number of nitrogens with two attached hydrogens (primary N) is 1. The van der Waals surface area contributed by atoms with Gasteiger partial charge >= 0.3 is 0 Å². The fourth-order valence-corrected chi connectivity index (χ4v) is 1.79. The molecule has 0 radical (unpaired) electrons. The predicted octanol–water partition coefficient (Wildman–Crippen LogP) is 2.44. The summed E-state index contributed by atoms with van der Waals surface area (Å²) < 4.78 is 5.59. The Morgan fingerprint density at radius 1 is 1.37 bits per heavy atom. The van der Waals surface area contributed by atoms with Crippen LogP contribution in [0.3, 0.4) is 0 Å². The van der Waals surface area contributed by atoms with Gasteiger partial charge in [-0.25, -0.2) is 4.98 Å². The van der Waals surface area contributed by atoms with E-state index in [1.807, 2.05) is 24.4 Å². The number of H-pyrrole nitrogens is 1. The summed E-state index contributed by atoms with van der Waals surface area (Å²) >= 11 is 0.